The van der Waals surface area contributed by atoms with Gasteiger partial charge in [0.25, 0.3) is 5.91 Å². The van der Waals surface area contributed by atoms with Crippen LogP contribution in [0.4, 0.5) is 0 Å². The van der Waals surface area contributed by atoms with Crippen LogP contribution in [-0.2, 0) is 19.6 Å². The normalized spacial score (nSPS) is 10.9. The van der Waals surface area contributed by atoms with Gasteiger partial charge in [0.1, 0.15) is 0 Å². The molecule has 0 radical (unpaired) electrons. The van der Waals surface area contributed by atoms with Crippen LogP contribution in [0.25, 0.3) is 0 Å². The van der Waals surface area contributed by atoms with Crippen molar-refractivity contribution in [3.8, 4) is 0 Å². The van der Waals surface area contributed by atoms with E-state index >= 15 is 0 Å². The van der Waals surface area contributed by atoms with Crippen LogP contribution < -0.4 is 0 Å². The van der Waals surface area contributed by atoms with Crippen molar-refractivity contribution in [1.29, 1.82) is 0 Å². The molecule has 0 aliphatic heterocycles. The van der Waals surface area contributed by atoms with E-state index in [0.29, 0.717) is 12.1 Å². The average molecular weight is 354 g/mol. The highest BCUT2D eigenvalue weighted by Gasteiger charge is 2.19. The molecule has 0 fully saturated rings. The smallest absolute Gasteiger partial charge is 0.257 e. The van der Waals surface area contributed by atoms with E-state index in [4.69, 9.17) is 0 Å². The van der Waals surface area contributed by atoms with Crippen LogP contribution in [-0.4, -0.2) is 37.4 Å². The molecular formula is C14H20BrN5O. The van der Waals surface area contributed by atoms with E-state index in [1.165, 1.54) is 0 Å². The molecule has 114 valence electrons. The Morgan fingerprint density at radius 1 is 1.38 bits per heavy atom. The lowest BCUT2D eigenvalue weighted by Gasteiger charge is -2.16. The summed E-state index contributed by atoms with van der Waals surface area (Å²) in [4.78, 5) is 14.2. The molecule has 0 aliphatic rings. The van der Waals surface area contributed by atoms with Gasteiger partial charge in [0.15, 0.2) is 0 Å². The van der Waals surface area contributed by atoms with Crippen molar-refractivity contribution in [3.63, 3.8) is 0 Å². The third-order valence-corrected chi connectivity index (χ3v) is 4.14. The van der Waals surface area contributed by atoms with Gasteiger partial charge in [0, 0.05) is 32.0 Å². The zero-order valence-corrected chi connectivity index (χ0v) is 14.4. The van der Waals surface area contributed by atoms with Gasteiger partial charge in [-0.3, -0.25) is 14.2 Å². The number of aromatic nitrogens is 4. The maximum Gasteiger partial charge on any atom is 0.257 e. The van der Waals surface area contributed by atoms with Crippen molar-refractivity contribution in [2.75, 3.05) is 7.05 Å². The van der Waals surface area contributed by atoms with Gasteiger partial charge in [-0.05, 0) is 36.7 Å². The fraction of sp³-hybridized carbons (Fsp3) is 0.500. The lowest BCUT2D eigenvalue weighted by atomic mass is 10.2. The Bertz CT molecular complexity index is 646. The largest absolute Gasteiger partial charge is 0.336 e. The van der Waals surface area contributed by atoms with Crippen molar-refractivity contribution in [3.05, 3.63) is 33.8 Å². The summed E-state index contributed by atoms with van der Waals surface area (Å²) >= 11 is 3.48. The van der Waals surface area contributed by atoms with E-state index in [-0.39, 0.29) is 5.91 Å². The van der Waals surface area contributed by atoms with E-state index in [1.807, 2.05) is 36.3 Å². The molecule has 2 rings (SSSR count). The topological polar surface area (TPSA) is 56.0 Å². The number of amides is 1. The molecule has 21 heavy (non-hydrogen) atoms. The van der Waals surface area contributed by atoms with Gasteiger partial charge in [-0.1, -0.05) is 0 Å². The first kappa shape index (κ1) is 15.8. The number of hydrogen-bond acceptors (Lipinski definition) is 3. The number of carbonyl (C=O) groups excluding carboxylic acids is 1. The molecule has 0 atom stereocenters. The van der Waals surface area contributed by atoms with Crippen LogP contribution in [0, 0.1) is 6.92 Å². The Morgan fingerprint density at radius 3 is 2.62 bits per heavy atom. The van der Waals surface area contributed by atoms with Gasteiger partial charge in [0.05, 0.1) is 28.5 Å². The molecule has 0 aliphatic carbocycles. The van der Waals surface area contributed by atoms with Crippen molar-refractivity contribution in [2.45, 2.75) is 40.4 Å². The average Bonchev–Trinajstić information content (AvgIpc) is 3.01. The summed E-state index contributed by atoms with van der Waals surface area (Å²) in [7, 11) is 1.78. The number of hydrogen-bond donors (Lipinski definition) is 0. The van der Waals surface area contributed by atoms with Gasteiger partial charge in [-0.15, -0.1) is 0 Å². The van der Waals surface area contributed by atoms with E-state index < -0.39 is 0 Å². The van der Waals surface area contributed by atoms with Crippen LogP contribution >= 0.6 is 15.9 Å². The van der Waals surface area contributed by atoms with Gasteiger partial charge < -0.3 is 4.90 Å². The Hall–Kier alpha value is -1.63. The third kappa shape index (κ3) is 3.18. The van der Waals surface area contributed by atoms with Crippen molar-refractivity contribution in [1.82, 2.24) is 24.5 Å². The highest BCUT2D eigenvalue weighted by molar-refractivity contribution is 9.10. The molecule has 2 aromatic heterocycles. The van der Waals surface area contributed by atoms with Gasteiger partial charge in [-0.25, -0.2) is 0 Å². The van der Waals surface area contributed by atoms with Crippen LogP contribution in [0.1, 0.15) is 35.6 Å². The van der Waals surface area contributed by atoms with E-state index in [9.17, 15) is 4.79 Å². The summed E-state index contributed by atoms with van der Waals surface area (Å²) < 4.78 is 4.59. The second-order valence-corrected chi connectivity index (χ2v) is 5.75. The van der Waals surface area contributed by atoms with E-state index in [1.54, 1.807) is 18.1 Å². The molecule has 0 saturated carbocycles. The zero-order chi connectivity index (χ0) is 15.6. The second-order valence-electron chi connectivity index (χ2n) is 4.90. The Kier molecular flexibility index (Phi) is 4.82. The van der Waals surface area contributed by atoms with E-state index in [2.05, 4.69) is 26.1 Å². The Labute approximate surface area is 132 Å². The SMILES string of the molecule is CCn1cc(Br)c(CN(C)C(=O)c2cnn(CC)c2C)n1. The maximum atomic E-state index is 12.5. The van der Waals surface area contributed by atoms with Crippen LogP contribution in [0.15, 0.2) is 16.9 Å². The highest BCUT2D eigenvalue weighted by atomic mass is 79.9. The molecule has 0 aromatic carbocycles. The maximum absolute atomic E-state index is 12.5. The lowest BCUT2D eigenvalue weighted by Crippen LogP contribution is -2.27. The van der Waals surface area contributed by atoms with Gasteiger partial charge in [-0.2, -0.15) is 10.2 Å². The van der Waals surface area contributed by atoms with Crippen LogP contribution in [0.2, 0.25) is 0 Å². The molecule has 2 heterocycles. The summed E-state index contributed by atoms with van der Waals surface area (Å²) in [5, 5.41) is 8.66. The van der Waals surface area contributed by atoms with E-state index in [0.717, 1.165) is 29.0 Å². The summed E-state index contributed by atoms with van der Waals surface area (Å²) in [5.41, 5.74) is 2.39. The summed E-state index contributed by atoms with van der Waals surface area (Å²) in [6.07, 6.45) is 3.56. The first-order chi connectivity index (χ1) is 9.97. The third-order valence-electron chi connectivity index (χ3n) is 3.48. The van der Waals surface area contributed by atoms with Crippen LogP contribution in [0.5, 0.6) is 0 Å². The van der Waals surface area contributed by atoms with Crippen molar-refractivity contribution in [2.24, 2.45) is 0 Å². The predicted molar refractivity (Wildman–Crippen MR) is 84.0 cm³/mol. The van der Waals surface area contributed by atoms with Crippen LogP contribution in [0.3, 0.4) is 0 Å². The fourth-order valence-electron chi connectivity index (χ4n) is 2.18. The Balaban J connectivity index is 2.15. The molecule has 2 aromatic rings. The number of halogens is 1. The molecule has 6 nitrogen and oxygen atoms in total. The standard InChI is InChI=1S/C14H20BrN5O/c1-5-19-8-12(15)13(17-19)9-18(4)14(21)11-7-16-20(6-2)10(11)3/h7-8H,5-6,9H2,1-4H3. The number of nitrogens with zero attached hydrogens (tertiary/aromatic N) is 5. The molecular weight excluding hydrogens is 334 g/mol. The first-order valence-electron chi connectivity index (χ1n) is 6.97. The first-order valence-corrected chi connectivity index (χ1v) is 7.76. The predicted octanol–water partition coefficient (Wildman–Crippen LogP) is 2.46. The van der Waals surface area contributed by atoms with Crippen molar-refractivity contribution >= 4 is 21.8 Å². The van der Waals surface area contributed by atoms with Gasteiger partial charge in [0.2, 0.25) is 0 Å². The highest BCUT2D eigenvalue weighted by Crippen LogP contribution is 2.18. The molecule has 0 unspecified atom stereocenters. The summed E-state index contributed by atoms with van der Waals surface area (Å²) in [5.74, 6) is -0.0369. The molecule has 0 N–H and O–H groups in total. The minimum absolute atomic E-state index is 0.0369. The number of aryl methyl sites for hydroxylation is 2. The molecule has 7 heteroatoms. The van der Waals surface area contributed by atoms with Gasteiger partial charge >= 0.3 is 0 Å². The van der Waals surface area contributed by atoms with Crippen molar-refractivity contribution < 1.29 is 4.79 Å². The second kappa shape index (κ2) is 6.43. The molecule has 1 amide bonds. The summed E-state index contributed by atoms with van der Waals surface area (Å²) in [6, 6.07) is 0. The fourth-order valence-corrected chi connectivity index (χ4v) is 2.62. The lowest BCUT2D eigenvalue weighted by molar-refractivity contribution is 0.0782. The molecule has 0 bridgehead atoms. The quantitative estimate of drug-likeness (QED) is 0.829. The number of carbonyl (C=O) groups is 1. The molecule has 0 spiro atoms. The minimum Gasteiger partial charge on any atom is -0.336 e. The summed E-state index contributed by atoms with van der Waals surface area (Å²) in [6.45, 7) is 7.98. The minimum atomic E-state index is -0.0369. The number of rotatable bonds is 5. The Morgan fingerprint density at radius 2 is 2.10 bits per heavy atom. The molecule has 0 saturated heterocycles. The zero-order valence-electron chi connectivity index (χ0n) is 12.8. The monoisotopic (exact) mass is 353 g/mol.